The predicted molar refractivity (Wildman–Crippen MR) is 70.1 cm³/mol. The molecular weight excluding hydrogens is 258 g/mol. The van der Waals surface area contributed by atoms with Crippen LogP contribution in [0.25, 0.3) is 0 Å². The van der Waals surface area contributed by atoms with Gasteiger partial charge in [0.1, 0.15) is 11.5 Å². The van der Waals surface area contributed by atoms with Gasteiger partial charge in [0, 0.05) is 11.6 Å². The zero-order valence-corrected chi connectivity index (χ0v) is 11.2. The third-order valence-corrected chi connectivity index (χ3v) is 2.33. The number of methoxy groups -OCH3 is 1. The number of aromatic hydroxyl groups is 1. The highest BCUT2D eigenvalue weighted by Gasteiger charge is 2.16. The Morgan fingerprint density at radius 1 is 1.50 bits per heavy atom. The predicted octanol–water partition coefficient (Wildman–Crippen LogP) is 1.78. The minimum absolute atomic E-state index is 0. The summed E-state index contributed by atoms with van der Waals surface area (Å²) in [6.45, 7) is 2.04. The van der Waals surface area contributed by atoms with Crippen LogP contribution in [0.2, 0.25) is 0 Å². The lowest BCUT2D eigenvalue weighted by Crippen LogP contribution is -2.17. The van der Waals surface area contributed by atoms with Crippen LogP contribution in [0.15, 0.2) is 18.2 Å². The number of phenolic OH excluding ortho intramolecular Hbond substituents is 1. The van der Waals surface area contributed by atoms with Crippen LogP contribution < -0.4 is 10.5 Å². The Morgan fingerprint density at radius 3 is 2.72 bits per heavy atom. The number of rotatable bonds is 5. The average molecular weight is 276 g/mol. The first-order valence-electron chi connectivity index (χ1n) is 5.36. The van der Waals surface area contributed by atoms with Crippen LogP contribution in [0.5, 0.6) is 11.5 Å². The summed E-state index contributed by atoms with van der Waals surface area (Å²) in [6.07, 6.45) is 0.0224. The Morgan fingerprint density at radius 2 is 2.17 bits per heavy atom. The Hall–Kier alpha value is -1.46. The van der Waals surface area contributed by atoms with Gasteiger partial charge in [-0.25, -0.2) is 0 Å². The van der Waals surface area contributed by atoms with Gasteiger partial charge in [0.2, 0.25) is 0 Å². The van der Waals surface area contributed by atoms with E-state index in [0.717, 1.165) is 0 Å². The van der Waals surface area contributed by atoms with Crippen molar-refractivity contribution in [3.63, 3.8) is 0 Å². The molecule has 0 spiro atoms. The van der Waals surface area contributed by atoms with Crippen LogP contribution in [-0.2, 0) is 9.53 Å². The number of phenols is 1. The van der Waals surface area contributed by atoms with Gasteiger partial charge in [-0.1, -0.05) is 0 Å². The van der Waals surface area contributed by atoms with E-state index in [0.29, 0.717) is 17.9 Å². The zero-order valence-electron chi connectivity index (χ0n) is 10.4. The highest BCUT2D eigenvalue weighted by atomic mass is 35.5. The first-order valence-corrected chi connectivity index (χ1v) is 5.36. The molecule has 0 aliphatic heterocycles. The monoisotopic (exact) mass is 275 g/mol. The molecule has 1 aromatic carbocycles. The lowest BCUT2D eigenvalue weighted by molar-refractivity contribution is -0.143. The quantitative estimate of drug-likeness (QED) is 0.801. The number of nitrogens with two attached hydrogens (primary N) is 1. The fourth-order valence-electron chi connectivity index (χ4n) is 1.47. The molecule has 5 nitrogen and oxygen atoms in total. The third-order valence-electron chi connectivity index (χ3n) is 2.33. The standard InChI is InChI=1S/C12H17NO4.ClH/c1-3-17-12(15)7-10(13)9-6-8(16-2)4-5-11(9)14;/h4-6,10,14H,3,7,13H2,1-2H3;1H/t10-;/m0./s1. The van der Waals surface area contributed by atoms with Crippen molar-refractivity contribution in [2.24, 2.45) is 5.73 Å². The fraction of sp³-hybridized carbons (Fsp3) is 0.417. The van der Waals surface area contributed by atoms with E-state index < -0.39 is 6.04 Å². The fourth-order valence-corrected chi connectivity index (χ4v) is 1.47. The Balaban J connectivity index is 0.00000289. The molecule has 0 fully saturated rings. The van der Waals surface area contributed by atoms with Crippen LogP contribution in [0, 0.1) is 0 Å². The number of hydrogen-bond donors (Lipinski definition) is 2. The molecule has 102 valence electrons. The van der Waals surface area contributed by atoms with E-state index in [1.165, 1.54) is 13.2 Å². The number of benzene rings is 1. The summed E-state index contributed by atoms with van der Waals surface area (Å²) in [5.74, 6) is 0.238. The van der Waals surface area contributed by atoms with Crippen molar-refractivity contribution in [3.8, 4) is 11.5 Å². The van der Waals surface area contributed by atoms with Gasteiger partial charge in [0.05, 0.1) is 20.1 Å². The number of ether oxygens (including phenoxy) is 2. The van der Waals surface area contributed by atoms with E-state index in [4.69, 9.17) is 15.2 Å². The van der Waals surface area contributed by atoms with E-state index in [-0.39, 0.29) is 30.5 Å². The lowest BCUT2D eigenvalue weighted by Gasteiger charge is -2.14. The smallest absolute Gasteiger partial charge is 0.307 e. The number of esters is 1. The molecule has 1 aromatic rings. The van der Waals surface area contributed by atoms with Crippen molar-refractivity contribution >= 4 is 18.4 Å². The van der Waals surface area contributed by atoms with E-state index >= 15 is 0 Å². The maximum absolute atomic E-state index is 11.3. The molecule has 0 heterocycles. The molecule has 0 aliphatic rings. The Kier molecular flexibility index (Phi) is 7.16. The number of carbonyl (C=O) groups is 1. The molecular formula is C12H18ClNO4. The van der Waals surface area contributed by atoms with Crippen molar-refractivity contribution in [2.45, 2.75) is 19.4 Å². The molecule has 0 saturated heterocycles. The van der Waals surface area contributed by atoms with Crippen LogP contribution in [0.1, 0.15) is 24.9 Å². The first kappa shape index (κ1) is 16.5. The molecule has 18 heavy (non-hydrogen) atoms. The number of hydrogen-bond acceptors (Lipinski definition) is 5. The number of halogens is 1. The van der Waals surface area contributed by atoms with Crippen molar-refractivity contribution in [3.05, 3.63) is 23.8 Å². The first-order chi connectivity index (χ1) is 8.08. The van der Waals surface area contributed by atoms with Crippen LogP contribution in [0.4, 0.5) is 0 Å². The summed E-state index contributed by atoms with van der Waals surface area (Å²) < 4.78 is 9.83. The van der Waals surface area contributed by atoms with E-state index in [9.17, 15) is 9.90 Å². The number of carbonyl (C=O) groups excluding carboxylic acids is 1. The van der Waals surface area contributed by atoms with E-state index in [1.54, 1.807) is 19.1 Å². The maximum atomic E-state index is 11.3. The summed E-state index contributed by atoms with van der Waals surface area (Å²) in [4.78, 5) is 11.3. The Labute approximate surface area is 112 Å². The topological polar surface area (TPSA) is 81.8 Å². The van der Waals surface area contributed by atoms with Gasteiger partial charge in [0.15, 0.2) is 0 Å². The minimum atomic E-state index is -0.607. The minimum Gasteiger partial charge on any atom is -0.508 e. The summed E-state index contributed by atoms with van der Waals surface area (Å²) in [6, 6.07) is 4.11. The molecule has 0 amide bonds. The van der Waals surface area contributed by atoms with Crippen LogP contribution in [0.3, 0.4) is 0 Å². The third kappa shape index (κ3) is 4.43. The SMILES string of the molecule is CCOC(=O)C[C@H](N)c1cc(OC)ccc1O.Cl. The molecule has 1 rings (SSSR count). The molecule has 0 saturated carbocycles. The molecule has 0 unspecified atom stereocenters. The second-order valence-corrected chi connectivity index (χ2v) is 3.54. The highest BCUT2D eigenvalue weighted by Crippen LogP contribution is 2.28. The summed E-state index contributed by atoms with van der Waals surface area (Å²) in [5.41, 5.74) is 6.30. The van der Waals surface area contributed by atoms with Gasteiger partial charge < -0.3 is 20.3 Å². The second kappa shape index (κ2) is 7.79. The summed E-state index contributed by atoms with van der Waals surface area (Å²) in [7, 11) is 1.52. The molecule has 1 atom stereocenters. The zero-order chi connectivity index (χ0) is 12.8. The largest absolute Gasteiger partial charge is 0.508 e. The molecule has 0 bridgehead atoms. The molecule has 6 heteroatoms. The Bertz CT molecular complexity index is 398. The van der Waals surface area contributed by atoms with Crippen molar-refractivity contribution in [1.29, 1.82) is 0 Å². The van der Waals surface area contributed by atoms with Crippen molar-refractivity contribution < 1.29 is 19.4 Å². The average Bonchev–Trinajstić information content (AvgIpc) is 2.29. The van der Waals surface area contributed by atoms with Crippen molar-refractivity contribution in [2.75, 3.05) is 13.7 Å². The summed E-state index contributed by atoms with van der Waals surface area (Å²) >= 11 is 0. The highest BCUT2D eigenvalue weighted by molar-refractivity contribution is 5.85. The lowest BCUT2D eigenvalue weighted by atomic mass is 10.0. The van der Waals surface area contributed by atoms with Gasteiger partial charge >= 0.3 is 5.97 Å². The molecule has 0 radical (unpaired) electrons. The molecule has 0 aromatic heterocycles. The normalized spacial score (nSPS) is 11.3. The second-order valence-electron chi connectivity index (χ2n) is 3.54. The van der Waals surface area contributed by atoms with Crippen molar-refractivity contribution in [1.82, 2.24) is 0 Å². The van der Waals surface area contributed by atoms with E-state index in [2.05, 4.69) is 0 Å². The van der Waals surface area contributed by atoms with Crippen LogP contribution in [-0.4, -0.2) is 24.8 Å². The van der Waals surface area contributed by atoms with Gasteiger partial charge in [-0.05, 0) is 25.1 Å². The van der Waals surface area contributed by atoms with Crippen LogP contribution >= 0.6 is 12.4 Å². The van der Waals surface area contributed by atoms with Gasteiger partial charge in [-0.2, -0.15) is 0 Å². The van der Waals surface area contributed by atoms with Gasteiger partial charge in [-0.15, -0.1) is 12.4 Å². The molecule has 3 N–H and O–H groups in total. The maximum Gasteiger partial charge on any atom is 0.307 e. The van der Waals surface area contributed by atoms with Gasteiger partial charge in [-0.3, -0.25) is 4.79 Å². The van der Waals surface area contributed by atoms with Gasteiger partial charge in [0.25, 0.3) is 0 Å². The van der Waals surface area contributed by atoms with E-state index in [1.807, 2.05) is 0 Å². The summed E-state index contributed by atoms with van der Waals surface area (Å²) in [5, 5.41) is 9.66. The molecule has 0 aliphatic carbocycles.